The van der Waals surface area contributed by atoms with Crippen molar-refractivity contribution in [2.45, 2.75) is 5.92 Å². The Hall–Kier alpha value is -3.84. The minimum atomic E-state index is -0.473. The molecule has 6 nitrogen and oxygen atoms in total. The fourth-order valence-corrected chi connectivity index (χ4v) is 4.63. The van der Waals surface area contributed by atoms with E-state index in [1.54, 1.807) is 12.1 Å². The standard InChI is InChI=1S/C27H20BrN3O3/c28-20-12-9-19(10-13-20)27(32)17-30-15-23(25-14-11-18-5-1-3-7-24(18)29-25)22(16-31(33)34)21-6-2-4-8-26(21)30/h1-15,22H,16-17H2. The van der Waals surface area contributed by atoms with E-state index >= 15 is 0 Å². The third kappa shape index (κ3) is 4.34. The molecule has 7 heteroatoms. The molecule has 1 aromatic heterocycles. The van der Waals surface area contributed by atoms with Gasteiger partial charge in [0.15, 0.2) is 5.78 Å². The highest BCUT2D eigenvalue weighted by Crippen LogP contribution is 2.42. The lowest BCUT2D eigenvalue weighted by molar-refractivity contribution is -0.481. The van der Waals surface area contributed by atoms with Crippen molar-refractivity contribution in [1.82, 2.24) is 4.98 Å². The lowest BCUT2D eigenvalue weighted by Gasteiger charge is -2.32. The van der Waals surface area contributed by atoms with Gasteiger partial charge in [0.2, 0.25) is 6.54 Å². The molecule has 168 valence electrons. The first-order valence-corrected chi connectivity index (χ1v) is 11.6. The van der Waals surface area contributed by atoms with Crippen LogP contribution >= 0.6 is 15.9 Å². The number of nitro groups is 1. The zero-order valence-electron chi connectivity index (χ0n) is 18.1. The van der Waals surface area contributed by atoms with Crippen LogP contribution in [0.4, 0.5) is 5.69 Å². The molecule has 0 spiro atoms. The summed E-state index contributed by atoms with van der Waals surface area (Å²) in [6.07, 6.45) is 1.85. The minimum absolute atomic E-state index is 0.0444. The second-order valence-electron chi connectivity index (χ2n) is 8.16. The number of Topliss-reactive ketones (excluding diaryl/α,β-unsaturated/α-hetero) is 1. The number of rotatable bonds is 6. The van der Waals surface area contributed by atoms with Gasteiger partial charge in [-0.3, -0.25) is 14.9 Å². The third-order valence-electron chi connectivity index (χ3n) is 6.00. The van der Waals surface area contributed by atoms with Gasteiger partial charge in [-0.05, 0) is 35.9 Å². The first-order chi connectivity index (χ1) is 16.5. The number of carbonyl (C=O) groups excluding carboxylic acids is 1. The van der Waals surface area contributed by atoms with Crippen molar-refractivity contribution in [3.8, 4) is 0 Å². The Morgan fingerprint density at radius 2 is 1.71 bits per heavy atom. The number of carbonyl (C=O) groups is 1. The average molecular weight is 514 g/mol. The van der Waals surface area contributed by atoms with Crippen LogP contribution in [0.3, 0.4) is 0 Å². The molecular formula is C27H20BrN3O3. The molecule has 0 saturated heterocycles. The first kappa shape index (κ1) is 22.0. The quantitative estimate of drug-likeness (QED) is 0.177. The molecule has 5 rings (SSSR count). The SMILES string of the molecule is O=C(CN1C=C(c2ccc3ccccc3n2)C(C[N+](=O)[O-])c2ccccc21)c1ccc(Br)cc1. The van der Waals surface area contributed by atoms with Crippen LogP contribution in [-0.4, -0.2) is 28.8 Å². The van der Waals surface area contributed by atoms with Gasteiger partial charge in [-0.2, -0.15) is 0 Å². The van der Waals surface area contributed by atoms with Crippen LogP contribution in [0.15, 0.2) is 95.6 Å². The van der Waals surface area contributed by atoms with Gasteiger partial charge in [-0.1, -0.05) is 70.5 Å². The number of hydrogen-bond acceptors (Lipinski definition) is 5. The lowest BCUT2D eigenvalue weighted by Crippen LogP contribution is -2.31. The van der Waals surface area contributed by atoms with Gasteiger partial charge in [0, 0.05) is 37.8 Å². The maximum absolute atomic E-state index is 13.1. The highest BCUT2D eigenvalue weighted by Gasteiger charge is 2.33. The summed E-state index contributed by atoms with van der Waals surface area (Å²) in [6, 6.07) is 26.4. The summed E-state index contributed by atoms with van der Waals surface area (Å²) in [4.78, 5) is 31.1. The van der Waals surface area contributed by atoms with Gasteiger partial charge in [0.25, 0.3) is 0 Å². The fraction of sp³-hybridized carbons (Fsp3) is 0.111. The highest BCUT2D eigenvalue weighted by atomic mass is 79.9. The van der Waals surface area contributed by atoms with Crippen molar-refractivity contribution in [2.75, 3.05) is 18.0 Å². The molecule has 0 radical (unpaired) electrons. The van der Waals surface area contributed by atoms with Crippen molar-refractivity contribution in [2.24, 2.45) is 0 Å². The molecule has 1 aliphatic heterocycles. The van der Waals surface area contributed by atoms with E-state index < -0.39 is 5.92 Å². The molecule has 1 atom stereocenters. The van der Waals surface area contributed by atoms with Gasteiger partial charge in [-0.15, -0.1) is 0 Å². The summed E-state index contributed by atoms with van der Waals surface area (Å²) in [5.74, 6) is -0.518. The largest absolute Gasteiger partial charge is 0.340 e. The van der Waals surface area contributed by atoms with Crippen LogP contribution < -0.4 is 4.90 Å². The number of nitrogens with zero attached hydrogens (tertiary/aromatic N) is 3. The molecule has 0 saturated carbocycles. The summed E-state index contributed by atoms with van der Waals surface area (Å²) in [6.45, 7) is -0.146. The molecule has 34 heavy (non-hydrogen) atoms. The van der Waals surface area contributed by atoms with E-state index in [-0.39, 0.29) is 23.8 Å². The predicted octanol–water partition coefficient (Wildman–Crippen LogP) is 6.10. The van der Waals surface area contributed by atoms with E-state index in [9.17, 15) is 14.9 Å². The molecule has 0 aliphatic carbocycles. The molecule has 0 N–H and O–H groups in total. The second-order valence-corrected chi connectivity index (χ2v) is 9.07. The van der Waals surface area contributed by atoms with Crippen molar-refractivity contribution < 1.29 is 9.72 Å². The Balaban J connectivity index is 1.60. The molecular weight excluding hydrogens is 494 g/mol. The van der Waals surface area contributed by atoms with Crippen molar-refractivity contribution in [3.63, 3.8) is 0 Å². The zero-order chi connectivity index (χ0) is 23.7. The summed E-state index contributed by atoms with van der Waals surface area (Å²) in [5, 5.41) is 12.6. The van der Waals surface area contributed by atoms with E-state index in [4.69, 9.17) is 4.98 Å². The number of para-hydroxylation sites is 2. The number of benzene rings is 3. The fourth-order valence-electron chi connectivity index (χ4n) is 4.37. The Labute approximate surface area is 204 Å². The molecule has 3 aromatic carbocycles. The maximum atomic E-state index is 13.1. The molecule has 1 unspecified atom stereocenters. The van der Waals surface area contributed by atoms with E-state index in [1.807, 2.05) is 83.9 Å². The van der Waals surface area contributed by atoms with Crippen LogP contribution in [-0.2, 0) is 0 Å². The summed E-state index contributed by atoms with van der Waals surface area (Å²) in [5.41, 5.74) is 4.43. The van der Waals surface area contributed by atoms with Crippen molar-refractivity contribution in [1.29, 1.82) is 0 Å². The summed E-state index contributed by atoms with van der Waals surface area (Å²) >= 11 is 3.40. The molecule has 4 aromatic rings. The molecule has 0 amide bonds. The van der Waals surface area contributed by atoms with E-state index in [2.05, 4.69) is 15.9 Å². The Morgan fingerprint density at radius 1 is 0.971 bits per heavy atom. The van der Waals surface area contributed by atoms with Gasteiger partial charge in [-0.25, -0.2) is 4.98 Å². The third-order valence-corrected chi connectivity index (χ3v) is 6.53. The molecule has 2 heterocycles. The van der Waals surface area contributed by atoms with Crippen LogP contribution in [0, 0.1) is 10.1 Å². The second kappa shape index (κ2) is 9.19. The van der Waals surface area contributed by atoms with Gasteiger partial charge in [0.1, 0.15) is 0 Å². The van der Waals surface area contributed by atoms with Gasteiger partial charge < -0.3 is 4.90 Å². The summed E-state index contributed by atoms with van der Waals surface area (Å²) < 4.78 is 0.902. The first-order valence-electron chi connectivity index (χ1n) is 10.8. The normalized spacial score (nSPS) is 15.0. The average Bonchev–Trinajstić information content (AvgIpc) is 2.85. The maximum Gasteiger partial charge on any atom is 0.214 e. The van der Waals surface area contributed by atoms with Crippen LogP contribution in [0.1, 0.15) is 27.5 Å². The smallest absolute Gasteiger partial charge is 0.214 e. The number of pyridine rings is 1. The minimum Gasteiger partial charge on any atom is -0.340 e. The van der Waals surface area contributed by atoms with Crippen molar-refractivity contribution >= 4 is 43.9 Å². The van der Waals surface area contributed by atoms with Crippen LogP contribution in [0.25, 0.3) is 16.5 Å². The van der Waals surface area contributed by atoms with E-state index in [0.717, 1.165) is 32.2 Å². The Morgan fingerprint density at radius 3 is 2.50 bits per heavy atom. The number of ketones is 1. The number of aromatic nitrogens is 1. The number of hydrogen-bond donors (Lipinski definition) is 0. The van der Waals surface area contributed by atoms with Gasteiger partial charge in [0.05, 0.1) is 23.7 Å². The monoisotopic (exact) mass is 513 g/mol. The van der Waals surface area contributed by atoms with Crippen LogP contribution in [0.2, 0.25) is 0 Å². The summed E-state index contributed by atoms with van der Waals surface area (Å²) in [7, 11) is 0. The Bertz CT molecular complexity index is 1430. The lowest BCUT2D eigenvalue weighted by atomic mass is 9.85. The predicted molar refractivity (Wildman–Crippen MR) is 137 cm³/mol. The van der Waals surface area contributed by atoms with Crippen molar-refractivity contribution in [3.05, 3.63) is 123 Å². The zero-order valence-corrected chi connectivity index (χ0v) is 19.7. The van der Waals surface area contributed by atoms with Crippen LogP contribution in [0.5, 0.6) is 0 Å². The number of fused-ring (bicyclic) bond motifs is 2. The van der Waals surface area contributed by atoms with E-state index in [0.29, 0.717) is 11.3 Å². The molecule has 0 bridgehead atoms. The number of halogens is 1. The highest BCUT2D eigenvalue weighted by molar-refractivity contribution is 9.10. The van der Waals surface area contributed by atoms with E-state index in [1.165, 1.54) is 0 Å². The van der Waals surface area contributed by atoms with Gasteiger partial charge >= 0.3 is 0 Å². The molecule has 1 aliphatic rings. The topological polar surface area (TPSA) is 76.3 Å². The number of anilines is 1. The Kier molecular flexibility index (Phi) is 5.94. The molecule has 0 fully saturated rings.